The number of rotatable bonds is 0. The summed E-state index contributed by atoms with van der Waals surface area (Å²) in [5, 5.41) is 0. The Bertz CT molecular complexity index is 33.8. The van der Waals surface area contributed by atoms with E-state index in [2.05, 4.69) is 6.30 Å². The van der Waals surface area contributed by atoms with Gasteiger partial charge in [-0.05, 0) is 0 Å². The molecule has 0 N–H and O–H groups in total. The van der Waals surface area contributed by atoms with Crippen molar-refractivity contribution in [2.24, 2.45) is 0 Å². The van der Waals surface area contributed by atoms with E-state index in [1.165, 1.54) is 0 Å². The standard InChI is InChI=1S/C2H5OP.CH3.Mg/c1-4(2)3;;/h1H2,2H3;1H3;/q;-1;+2. The van der Waals surface area contributed by atoms with E-state index < -0.39 is 7.77 Å². The largest absolute Gasteiger partial charge is 2.00 e. The Balaban J connectivity index is -0.0000000450. The van der Waals surface area contributed by atoms with Crippen LogP contribution >= 0.6 is 7.77 Å². The minimum atomic E-state index is -1.12. The summed E-state index contributed by atoms with van der Waals surface area (Å²) in [6, 6.07) is 0. The van der Waals surface area contributed by atoms with Crippen LogP contribution in [0.3, 0.4) is 0 Å². The molecule has 32 valence electrons. The van der Waals surface area contributed by atoms with E-state index in [9.17, 15) is 4.89 Å². The third kappa shape index (κ3) is 92.5. The monoisotopic (exact) mass is 115 g/mol. The summed E-state index contributed by atoms with van der Waals surface area (Å²) < 4.78 is 0. The molecule has 0 rings (SSSR count). The van der Waals surface area contributed by atoms with E-state index in [4.69, 9.17) is 0 Å². The van der Waals surface area contributed by atoms with E-state index >= 15 is 0 Å². The van der Waals surface area contributed by atoms with Crippen molar-refractivity contribution in [1.29, 1.82) is 0 Å². The Morgan fingerprint density at radius 3 is 1.67 bits per heavy atom. The summed E-state index contributed by atoms with van der Waals surface area (Å²) in [6.07, 6.45) is 3.15. The van der Waals surface area contributed by atoms with Crippen LogP contribution in [0.2, 0.25) is 0 Å². The van der Waals surface area contributed by atoms with Gasteiger partial charge in [-0.25, -0.2) is 0 Å². The summed E-state index contributed by atoms with van der Waals surface area (Å²) in [5.41, 5.74) is 0. The fourth-order valence-electron chi connectivity index (χ4n) is 0. The number of hydrogen-bond donors (Lipinski definition) is 0. The van der Waals surface area contributed by atoms with Crippen molar-refractivity contribution in [3.63, 3.8) is 0 Å². The van der Waals surface area contributed by atoms with Gasteiger partial charge in [0.25, 0.3) is 0 Å². The Labute approximate surface area is 56.4 Å². The van der Waals surface area contributed by atoms with Gasteiger partial charge in [0.15, 0.2) is 0 Å². The molecule has 0 aliphatic heterocycles. The van der Waals surface area contributed by atoms with Crippen molar-refractivity contribution in [1.82, 2.24) is 0 Å². The predicted molar refractivity (Wildman–Crippen MR) is 32.1 cm³/mol. The molecule has 0 radical (unpaired) electrons. The molecule has 0 saturated carbocycles. The first-order valence-corrected chi connectivity index (χ1v) is 2.84. The Kier molecular flexibility index (Phi) is 24.5. The van der Waals surface area contributed by atoms with Gasteiger partial charge in [-0.2, -0.15) is 0 Å². The second kappa shape index (κ2) is 9.31. The Morgan fingerprint density at radius 2 is 1.67 bits per heavy atom. The summed E-state index contributed by atoms with van der Waals surface area (Å²) in [6.45, 7) is 1.56. The summed E-state index contributed by atoms with van der Waals surface area (Å²) in [4.78, 5) is 9.48. The maximum absolute atomic E-state index is 9.48. The van der Waals surface area contributed by atoms with E-state index in [1.54, 1.807) is 6.66 Å². The molecule has 1 nitrogen and oxygen atoms in total. The zero-order valence-electron chi connectivity index (χ0n) is 4.27. The molecule has 0 aromatic rings. The first-order chi connectivity index (χ1) is 1.73. The van der Waals surface area contributed by atoms with Crippen molar-refractivity contribution < 1.29 is 4.89 Å². The van der Waals surface area contributed by atoms with Crippen LogP contribution in [0.1, 0.15) is 0 Å². The molecular formula is C3H8MgOP+. The van der Waals surface area contributed by atoms with Crippen LogP contribution in [0, 0.1) is 7.43 Å². The third-order valence-corrected chi connectivity index (χ3v) is 0. The van der Waals surface area contributed by atoms with Gasteiger partial charge in [0.05, 0.1) is 13.0 Å². The summed E-state index contributed by atoms with van der Waals surface area (Å²) >= 11 is 0. The predicted octanol–water partition coefficient (Wildman–Crippen LogP) is -0.125. The Hall–Kier alpha value is 0.896. The molecule has 1 atom stereocenters. The molecule has 0 amide bonds. The smallest absolute Gasteiger partial charge is 0.631 e. The maximum Gasteiger partial charge on any atom is 2.00 e. The minimum Gasteiger partial charge on any atom is -0.631 e. The SMILES string of the molecule is C=[P+](C)[O-].[CH3-].[Mg+2]. The molecule has 3 heteroatoms. The fraction of sp³-hybridized carbons (Fsp3) is 0.333. The molecule has 0 aliphatic rings. The van der Waals surface area contributed by atoms with Gasteiger partial charge in [0.1, 0.15) is 0 Å². The quantitative estimate of drug-likeness (QED) is 0.245. The first kappa shape index (κ1) is 15.8. The average molecular weight is 115 g/mol. The van der Waals surface area contributed by atoms with Crippen molar-refractivity contribution in [3.05, 3.63) is 7.43 Å². The van der Waals surface area contributed by atoms with Crippen LogP contribution in [-0.2, 0) is 0 Å². The van der Waals surface area contributed by atoms with Crippen molar-refractivity contribution in [2.45, 2.75) is 0 Å². The van der Waals surface area contributed by atoms with Crippen molar-refractivity contribution in [3.8, 4) is 0 Å². The van der Waals surface area contributed by atoms with E-state index in [1.807, 2.05) is 0 Å². The molecule has 0 saturated heterocycles. The number of hydrogen-bond acceptors (Lipinski definition) is 1. The van der Waals surface area contributed by atoms with Gasteiger partial charge < -0.3 is 12.3 Å². The van der Waals surface area contributed by atoms with Gasteiger partial charge in [-0.3, -0.25) is 0 Å². The molecule has 0 aliphatic carbocycles. The van der Waals surface area contributed by atoms with Gasteiger partial charge in [0, 0.05) is 7.77 Å². The average Bonchev–Trinajstić information content (AvgIpc) is 0.811. The van der Waals surface area contributed by atoms with Gasteiger partial charge in [0.2, 0.25) is 0 Å². The van der Waals surface area contributed by atoms with E-state index in [0.717, 1.165) is 0 Å². The van der Waals surface area contributed by atoms with Crippen LogP contribution in [0.5, 0.6) is 0 Å². The molecule has 0 fully saturated rings. The normalized spacial score (nSPS) is 7.33. The molecule has 0 aromatic carbocycles. The molecule has 1 unspecified atom stereocenters. The van der Waals surface area contributed by atoms with Crippen LogP contribution in [0.15, 0.2) is 0 Å². The van der Waals surface area contributed by atoms with Crippen LogP contribution in [0.4, 0.5) is 0 Å². The molecular weight excluding hydrogens is 107 g/mol. The first-order valence-electron chi connectivity index (χ1n) is 0.946. The Morgan fingerprint density at radius 1 is 1.67 bits per heavy atom. The molecule has 0 aromatic heterocycles. The maximum atomic E-state index is 9.48. The van der Waals surface area contributed by atoms with Gasteiger partial charge in [-0.1, -0.05) is 0 Å². The fourth-order valence-corrected chi connectivity index (χ4v) is 0. The minimum absolute atomic E-state index is 0. The summed E-state index contributed by atoms with van der Waals surface area (Å²) in [7, 11) is -1.12. The van der Waals surface area contributed by atoms with Crippen LogP contribution in [-0.4, -0.2) is 36.0 Å². The van der Waals surface area contributed by atoms with Crippen molar-refractivity contribution >= 4 is 37.1 Å². The molecule has 6 heavy (non-hydrogen) atoms. The second-order valence-corrected chi connectivity index (χ2v) is 1.88. The molecule has 0 bridgehead atoms. The topological polar surface area (TPSA) is 23.1 Å². The molecule has 0 heterocycles. The third-order valence-electron chi connectivity index (χ3n) is 0. The van der Waals surface area contributed by atoms with Crippen LogP contribution in [0.25, 0.3) is 0 Å². The second-order valence-electron chi connectivity index (χ2n) is 0.628. The van der Waals surface area contributed by atoms with Crippen molar-refractivity contribution in [2.75, 3.05) is 6.66 Å². The van der Waals surface area contributed by atoms with Gasteiger partial charge >= 0.3 is 23.1 Å². The molecule has 0 spiro atoms. The summed E-state index contributed by atoms with van der Waals surface area (Å²) in [5.74, 6) is 0. The van der Waals surface area contributed by atoms with Crippen LogP contribution < -0.4 is 4.89 Å². The zero-order chi connectivity index (χ0) is 3.58. The van der Waals surface area contributed by atoms with Gasteiger partial charge in [-0.15, -0.1) is 0 Å². The van der Waals surface area contributed by atoms with E-state index in [0.29, 0.717) is 0 Å². The zero-order valence-corrected chi connectivity index (χ0v) is 6.58. The van der Waals surface area contributed by atoms with E-state index in [-0.39, 0.29) is 30.5 Å².